The van der Waals surface area contributed by atoms with Gasteiger partial charge in [-0.05, 0) is 45.7 Å². The number of amides is 2. The van der Waals surface area contributed by atoms with E-state index in [1.165, 1.54) is 4.90 Å². The van der Waals surface area contributed by atoms with Crippen molar-refractivity contribution in [2.24, 2.45) is 12.0 Å². The molecule has 2 heterocycles. The summed E-state index contributed by atoms with van der Waals surface area (Å²) < 4.78 is 1.87. The van der Waals surface area contributed by atoms with Crippen molar-refractivity contribution in [3.63, 3.8) is 0 Å². The van der Waals surface area contributed by atoms with Crippen LogP contribution in [-0.2, 0) is 13.6 Å². The van der Waals surface area contributed by atoms with E-state index in [-0.39, 0.29) is 11.8 Å². The fraction of sp³-hybridized carbons (Fsp3) is 0.455. The molecule has 0 atom stereocenters. The highest BCUT2D eigenvalue weighted by Gasteiger charge is 2.34. The molecule has 2 aromatic rings. The molecule has 0 spiro atoms. The lowest BCUT2D eigenvalue weighted by Gasteiger charge is -2.14. The van der Waals surface area contributed by atoms with E-state index < -0.39 is 0 Å². The number of hydrogen-bond acceptors (Lipinski definition) is 4. The number of rotatable bonds is 8. The monoisotopic (exact) mass is 410 g/mol. The predicted molar refractivity (Wildman–Crippen MR) is 117 cm³/mol. The number of hydrogen-bond donors (Lipinski definition) is 2. The predicted octanol–water partition coefficient (Wildman–Crippen LogP) is 2.17. The molecule has 0 aliphatic carbocycles. The summed E-state index contributed by atoms with van der Waals surface area (Å²) in [6.07, 6.45) is 1.56. The van der Waals surface area contributed by atoms with Crippen LogP contribution in [0, 0.1) is 13.8 Å². The average Bonchev–Trinajstić information content (AvgIpc) is 3.12. The molecule has 0 saturated carbocycles. The summed E-state index contributed by atoms with van der Waals surface area (Å²) in [6.45, 7) is 8.54. The highest BCUT2D eigenvalue weighted by molar-refractivity contribution is 6.21. The molecule has 1 aromatic carbocycles. The number of aliphatic imine (C=N–C) groups is 1. The van der Waals surface area contributed by atoms with Crippen LogP contribution in [0.15, 0.2) is 29.3 Å². The number of aromatic nitrogens is 2. The largest absolute Gasteiger partial charge is 0.357 e. The number of benzene rings is 1. The van der Waals surface area contributed by atoms with Crippen molar-refractivity contribution in [3.8, 4) is 0 Å². The number of nitrogens with zero attached hydrogens (tertiary/aromatic N) is 4. The van der Waals surface area contributed by atoms with Gasteiger partial charge in [-0.3, -0.25) is 19.2 Å². The zero-order valence-corrected chi connectivity index (χ0v) is 18.2. The lowest BCUT2D eigenvalue weighted by Crippen LogP contribution is -2.38. The van der Waals surface area contributed by atoms with Gasteiger partial charge in [0.2, 0.25) is 0 Å². The van der Waals surface area contributed by atoms with Crippen molar-refractivity contribution in [3.05, 3.63) is 52.3 Å². The van der Waals surface area contributed by atoms with Crippen LogP contribution in [0.4, 0.5) is 0 Å². The van der Waals surface area contributed by atoms with Crippen LogP contribution in [0.25, 0.3) is 0 Å². The zero-order valence-electron chi connectivity index (χ0n) is 18.2. The first-order valence-corrected chi connectivity index (χ1v) is 10.4. The maximum Gasteiger partial charge on any atom is 0.261 e. The Labute approximate surface area is 177 Å². The third kappa shape index (κ3) is 4.53. The second kappa shape index (κ2) is 9.56. The minimum atomic E-state index is -0.194. The van der Waals surface area contributed by atoms with Crippen molar-refractivity contribution in [1.29, 1.82) is 0 Å². The second-order valence-electron chi connectivity index (χ2n) is 7.41. The Kier molecular flexibility index (Phi) is 6.87. The molecule has 30 heavy (non-hydrogen) atoms. The number of carbonyl (C=O) groups excluding carboxylic acids is 2. The Balaban J connectivity index is 1.47. The second-order valence-corrected chi connectivity index (χ2v) is 7.41. The van der Waals surface area contributed by atoms with Gasteiger partial charge in [0.1, 0.15) is 0 Å². The lowest BCUT2D eigenvalue weighted by atomic mass is 10.1. The Morgan fingerprint density at radius 3 is 2.30 bits per heavy atom. The summed E-state index contributed by atoms with van der Waals surface area (Å²) in [7, 11) is 1.94. The highest BCUT2D eigenvalue weighted by atomic mass is 16.2. The van der Waals surface area contributed by atoms with Gasteiger partial charge in [0.05, 0.1) is 23.4 Å². The van der Waals surface area contributed by atoms with Gasteiger partial charge in [-0.15, -0.1) is 0 Å². The normalized spacial score (nSPS) is 13.7. The van der Waals surface area contributed by atoms with Crippen LogP contribution in [-0.4, -0.2) is 52.1 Å². The van der Waals surface area contributed by atoms with Crippen molar-refractivity contribution in [2.45, 2.75) is 40.2 Å². The maximum atomic E-state index is 12.4. The highest BCUT2D eigenvalue weighted by Crippen LogP contribution is 2.22. The van der Waals surface area contributed by atoms with Crippen LogP contribution in [0.2, 0.25) is 0 Å². The topological polar surface area (TPSA) is 91.6 Å². The molecule has 8 nitrogen and oxygen atoms in total. The van der Waals surface area contributed by atoms with Crippen LogP contribution in [0.3, 0.4) is 0 Å². The summed E-state index contributed by atoms with van der Waals surface area (Å²) in [4.78, 5) is 30.8. The van der Waals surface area contributed by atoms with Gasteiger partial charge < -0.3 is 10.6 Å². The molecule has 3 rings (SSSR count). The first kappa shape index (κ1) is 21.5. The molecule has 0 saturated heterocycles. The quantitative estimate of drug-likeness (QED) is 0.301. The maximum absolute atomic E-state index is 12.4. The summed E-state index contributed by atoms with van der Waals surface area (Å²) in [5.41, 5.74) is 4.26. The summed E-state index contributed by atoms with van der Waals surface area (Å²) in [5.74, 6) is 0.363. The molecule has 160 valence electrons. The van der Waals surface area contributed by atoms with E-state index in [0.717, 1.165) is 42.3 Å². The van der Waals surface area contributed by atoms with Gasteiger partial charge in [-0.2, -0.15) is 5.10 Å². The third-order valence-electron chi connectivity index (χ3n) is 5.38. The first-order valence-electron chi connectivity index (χ1n) is 10.4. The van der Waals surface area contributed by atoms with E-state index in [4.69, 9.17) is 0 Å². The molecule has 1 aliphatic rings. The standard InChI is InChI=1S/C22H30N6O2/c1-5-23-22(25-14-19-15(2)26-27(4)16(19)3)24-12-8-9-13-28-20(29)17-10-6-7-11-18(17)21(28)30/h6-7,10-11H,5,8-9,12-14H2,1-4H3,(H2,23,24,25). The third-order valence-corrected chi connectivity index (χ3v) is 5.38. The molecular formula is C22H30N6O2. The Morgan fingerprint density at radius 1 is 1.07 bits per heavy atom. The average molecular weight is 411 g/mol. The van der Waals surface area contributed by atoms with E-state index in [0.29, 0.717) is 30.8 Å². The van der Waals surface area contributed by atoms with Crippen molar-refractivity contribution >= 4 is 17.8 Å². The van der Waals surface area contributed by atoms with E-state index >= 15 is 0 Å². The number of fused-ring (bicyclic) bond motifs is 1. The number of aryl methyl sites for hydroxylation is 2. The van der Waals surface area contributed by atoms with Crippen molar-refractivity contribution < 1.29 is 9.59 Å². The van der Waals surface area contributed by atoms with Gasteiger partial charge in [0, 0.05) is 37.9 Å². The fourth-order valence-corrected chi connectivity index (χ4v) is 3.59. The van der Waals surface area contributed by atoms with Gasteiger partial charge >= 0.3 is 0 Å². The van der Waals surface area contributed by atoms with Crippen LogP contribution < -0.4 is 10.6 Å². The number of unbranched alkanes of at least 4 members (excludes halogenated alkanes) is 1. The molecule has 0 unspecified atom stereocenters. The van der Waals surface area contributed by atoms with Gasteiger partial charge in [-0.25, -0.2) is 4.99 Å². The van der Waals surface area contributed by atoms with E-state index in [1.54, 1.807) is 24.3 Å². The van der Waals surface area contributed by atoms with Gasteiger partial charge in [0.25, 0.3) is 11.8 Å². The van der Waals surface area contributed by atoms with E-state index in [9.17, 15) is 9.59 Å². The molecule has 2 N–H and O–H groups in total. The molecule has 0 fully saturated rings. The Hall–Kier alpha value is -3.16. The van der Waals surface area contributed by atoms with E-state index in [2.05, 4.69) is 20.7 Å². The van der Waals surface area contributed by atoms with Crippen molar-refractivity contribution in [2.75, 3.05) is 19.6 Å². The zero-order chi connectivity index (χ0) is 21.7. The van der Waals surface area contributed by atoms with Gasteiger partial charge in [-0.1, -0.05) is 12.1 Å². The molecule has 0 bridgehead atoms. The Bertz CT molecular complexity index is 928. The van der Waals surface area contributed by atoms with Crippen LogP contribution in [0.1, 0.15) is 57.4 Å². The SMILES string of the molecule is CCNC(=NCc1c(C)nn(C)c1C)NCCCCN1C(=O)c2ccccc2C1=O. The van der Waals surface area contributed by atoms with Crippen LogP contribution >= 0.6 is 0 Å². The molecule has 8 heteroatoms. The molecule has 0 radical (unpaired) electrons. The first-order chi connectivity index (χ1) is 14.4. The molecular weight excluding hydrogens is 380 g/mol. The minimum absolute atomic E-state index is 0.194. The summed E-state index contributed by atoms with van der Waals surface area (Å²) in [5, 5.41) is 11.0. The lowest BCUT2D eigenvalue weighted by molar-refractivity contribution is 0.0652. The number of imide groups is 1. The molecule has 1 aromatic heterocycles. The fourth-order valence-electron chi connectivity index (χ4n) is 3.59. The summed E-state index contributed by atoms with van der Waals surface area (Å²) in [6, 6.07) is 6.99. The summed E-state index contributed by atoms with van der Waals surface area (Å²) >= 11 is 0. The van der Waals surface area contributed by atoms with Gasteiger partial charge in [0.15, 0.2) is 5.96 Å². The van der Waals surface area contributed by atoms with E-state index in [1.807, 2.05) is 32.5 Å². The number of guanidine groups is 1. The smallest absolute Gasteiger partial charge is 0.261 e. The number of carbonyl (C=O) groups is 2. The minimum Gasteiger partial charge on any atom is -0.357 e. The number of nitrogens with one attached hydrogen (secondary N) is 2. The molecule has 2 amide bonds. The van der Waals surface area contributed by atoms with Crippen LogP contribution in [0.5, 0.6) is 0 Å². The molecule has 1 aliphatic heterocycles. The Morgan fingerprint density at radius 2 is 1.73 bits per heavy atom. The van der Waals surface area contributed by atoms with Crippen molar-refractivity contribution in [1.82, 2.24) is 25.3 Å².